The van der Waals surface area contributed by atoms with Crippen molar-refractivity contribution in [2.75, 3.05) is 0 Å². The lowest BCUT2D eigenvalue weighted by Gasteiger charge is -2.22. The topological polar surface area (TPSA) is 43.6 Å². The Hall–Kier alpha value is -6.65. The van der Waals surface area contributed by atoms with Crippen LogP contribution in [0.1, 0.15) is 31.9 Å². The predicted molar refractivity (Wildman–Crippen MR) is 221 cm³/mol. The Labute approximate surface area is 308 Å². The molecule has 0 radical (unpaired) electrons. The van der Waals surface area contributed by atoms with Gasteiger partial charge in [0, 0.05) is 38.6 Å². The van der Waals surface area contributed by atoms with E-state index in [-0.39, 0.29) is 5.41 Å². The highest BCUT2D eigenvalue weighted by molar-refractivity contribution is 6.28. The van der Waals surface area contributed by atoms with Gasteiger partial charge in [-0.25, -0.2) is 15.0 Å². The van der Waals surface area contributed by atoms with E-state index in [2.05, 4.69) is 159 Å². The fraction of sp³-hybridized carbons (Fsp3) is 0.0816. The van der Waals surface area contributed by atoms with Gasteiger partial charge in [-0.1, -0.05) is 147 Å². The Balaban J connectivity index is 1.19. The van der Waals surface area contributed by atoms with Gasteiger partial charge in [0.25, 0.3) is 0 Å². The second-order valence-electron chi connectivity index (χ2n) is 14.5. The van der Waals surface area contributed by atoms with E-state index in [9.17, 15) is 0 Å². The maximum atomic E-state index is 5.19. The van der Waals surface area contributed by atoms with Crippen LogP contribution in [-0.2, 0) is 5.41 Å². The summed E-state index contributed by atoms with van der Waals surface area (Å²) in [7, 11) is 0. The Morgan fingerprint density at radius 1 is 0.547 bits per heavy atom. The van der Waals surface area contributed by atoms with Crippen molar-refractivity contribution in [2.45, 2.75) is 26.2 Å². The summed E-state index contributed by atoms with van der Waals surface area (Å²) in [5.41, 5.74) is 11.1. The molecule has 0 aliphatic heterocycles. The van der Waals surface area contributed by atoms with E-state index in [4.69, 9.17) is 15.0 Å². The number of hydrogen-bond acceptors (Lipinski definition) is 3. The van der Waals surface area contributed by atoms with Crippen molar-refractivity contribution in [3.05, 3.63) is 175 Å². The number of rotatable bonds is 5. The molecule has 10 rings (SSSR count). The van der Waals surface area contributed by atoms with E-state index < -0.39 is 0 Å². The minimum Gasteiger partial charge on any atom is -0.309 e. The molecule has 1 aliphatic rings. The molecule has 0 saturated heterocycles. The van der Waals surface area contributed by atoms with Crippen LogP contribution < -0.4 is 0 Å². The molecule has 252 valence electrons. The molecule has 4 nitrogen and oxygen atoms in total. The van der Waals surface area contributed by atoms with Crippen LogP contribution in [0.25, 0.3) is 88.8 Å². The molecule has 0 unspecified atom stereocenters. The molecule has 4 heteroatoms. The van der Waals surface area contributed by atoms with Crippen molar-refractivity contribution in [1.29, 1.82) is 0 Å². The molecule has 1 aliphatic carbocycles. The molecule has 0 bridgehead atoms. The Kier molecular flexibility index (Phi) is 6.86. The first-order valence-electron chi connectivity index (χ1n) is 18.2. The number of nitrogens with zero attached hydrogens (tertiary/aromatic N) is 4. The SMILES string of the molecule is C=CC1=C(C)C(C)(C)c2cc(-c3nc(-c4ccccc4)nc(-c4cccc(-n5c6ccc7ccccc7c6c6c7ccccc7ccc65)c4)n3)ccc21. The van der Waals surface area contributed by atoms with Gasteiger partial charge in [0.1, 0.15) is 0 Å². The van der Waals surface area contributed by atoms with Crippen LogP contribution >= 0.6 is 0 Å². The third kappa shape index (κ3) is 4.72. The molecule has 2 heterocycles. The minimum atomic E-state index is -0.125. The van der Waals surface area contributed by atoms with E-state index in [1.807, 2.05) is 24.3 Å². The number of allylic oxidation sites excluding steroid dienone is 3. The van der Waals surface area contributed by atoms with Gasteiger partial charge in [0.05, 0.1) is 11.0 Å². The summed E-state index contributed by atoms with van der Waals surface area (Å²) in [6.07, 6.45) is 1.98. The van der Waals surface area contributed by atoms with Crippen molar-refractivity contribution in [3.63, 3.8) is 0 Å². The number of hydrogen-bond donors (Lipinski definition) is 0. The quantitative estimate of drug-likeness (QED) is 0.182. The summed E-state index contributed by atoms with van der Waals surface area (Å²) in [5, 5.41) is 7.48. The van der Waals surface area contributed by atoms with Gasteiger partial charge < -0.3 is 4.57 Å². The first-order chi connectivity index (χ1) is 25.9. The van der Waals surface area contributed by atoms with Gasteiger partial charge in [-0.05, 0) is 75.5 Å². The average Bonchev–Trinajstić information content (AvgIpc) is 3.66. The number of benzene rings is 7. The van der Waals surface area contributed by atoms with Crippen LogP contribution in [0.15, 0.2) is 164 Å². The van der Waals surface area contributed by atoms with Crippen LogP contribution in [0.3, 0.4) is 0 Å². The monoisotopic (exact) mass is 680 g/mol. The maximum Gasteiger partial charge on any atom is 0.164 e. The van der Waals surface area contributed by atoms with Gasteiger partial charge in [-0.15, -0.1) is 0 Å². The zero-order chi connectivity index (χ0) is 35.8. The summed E-state index contributed by atoms with van der Waals surface area (Å²) in [4.78, 5) is 15.4. The zero-order valence-corrected chi connectivity index (χ0v) is 29.9. The molecule has 53 heavy (non-hydrogen) atoms. The largest absolute Gasteiger partial charge is 0.309 e. The zero-order valence-electron chi connectivity index (χ0n) is 29.9. The summed E-state index contributed by atoms with van der Waals surface area (Å²) >= 11 is 0. The molecule has 0 amide bonds. The van der Waals surface area contributed by atoms with Gasteiger partial charge in [0.2, 0.25) is 0 Å². The number of aromatic nitrogens is 4. The molecule has 0 fully saturated rings. The van der Waals surface area contributed by atoms with Gasteiger partial charge in [-0.2, -0.15) is 0 Å². The highest BCUT2D eigenvalue weighted by atomic mass is 15.0. The van der Waals surface area contributed by atoms with E-state index in [0.29, 0.717) is 17.5 Å². The summed E-state index contributed by atoms with van der Waals surface area (Å²) in [5.74, 6) is 1.93. The average molecular weight is 681 g/mol. The standard InChI is InChI=1S/C49H36N4/c1-5-37-30(2)49(3,4)41-29-35(22-25-40(37)41)48-51-46(33-16-7-6-8-17-33)50-47(52-48)34-18-13-19-36(28-34)53-42-26-23-31-14-9-11-20-38(31)44(42)45-39-21-12-10-15-32(39)24-27-43(45)53/h5-29H,1H2,2-4H3. The molecular formula is C49H36N4. The van der Waals surface area contributed by atoms with E-state index in [1.54, 1.807) is 0 Å². The van der Waals surface area contributed by atoms with Crippen LogP contribution in [0, 0.1) is 0 Å². The molecule has 0 atom stereocenters. The van der Waals surface area contributed by atoms with E-state index >= 15 is 0 Å². The highest BCUT2D eigenvalue weighted by Gasteiger charge is 2.34. The second kappa shape index (κ2) is 11.7. The summed E-state index contributed by atoms with van der Waals surface area (Å²) < 4.78 is 2.39. The van der Waals surface area contributed by atoms with Gasteiger partial charge in [-0.3, -0.25) is 0 Å². The summed E-state index contributed by atoms with van der Waals surface area (Å²) in [6.45, 7) is 10.9. The van der Waals surface area contributed by atoms with Crippen LogP contribution in [-0.4, -0.2) is 19.5 Å². The van der Waals surface area contributed by atoms with Gasteiger partial charge in [0.15, 0.2) is 17.5 Å². The Morgan fingerprint density at radius 3 is 1.72 bits per heavy atom. The highest BCUT2D eigenvalue weighted by Crippen LogP contribution is 2.47. The second-order valence-corrected chi connectivity index (χ2v) is 14.5. The molecule has 0 spiro atoms. The first kappa shape index (κ1) is 31.1. The molecule has 0 N–H and O–H groups in total. The third-order valence-electron chi connectivity index (χ3n) is 11.4. The van der Waals surface area contributed by atoms with Crippen molar-refractivity contribution in [1.82, 2.24) is 19.5 Å². The normalized spacial score (nSPS) is 13.7. The minimum absolute atomic E-state index is 0.125. The summed E-state index contributed by atoms with van der Waals surface area (Å²) in [6, 6.07) is 51.7. The smallest absolute Gasteiger partial charge is 0.164 e. The maximum absolute atomic E-state index is 5.19. The van der Waals surface area contributed by atoms with Gasteiger partial charge >= 0.3 is 0 Å². The number of fused-ring (bicyclic) bond motifs is 8. The third-order valence-corrected chi connectivity index (χ3v) is 11.4. The lowest BCUT2D eigenvalue weighted by molar-refractivity contribution is 0.639. The van der Waals surface area contributed by atoms with Crippen molar-refractivity contribution < 1.29 is 0 Å². The predicted octanol–water partition coefficient (Wildman–Crippen LogP) is 12.5. The van der Waals surface area contributed by atoms with E-state index in [1.165, 1.54) is 54.6 Å². The van der Waals surface area contributed by atoms with Crippen molar-refractivity contribution in [3.8, 4) is 39.9 Å². The van der Waals surface area contributed by atoms with E-state index in [0.717, 1.165) is 33.4 Å². The molecule has 0 saturated carbocycles. The molecule has 9 aromatic rings. The molecular weight excluding hydrogens is 645 g/mol. The van der Waals surface area contributed by atoms with Crippen LogP contribution in [0.5, 0.6) is 0 Å². The molecule has 2 aromatic heterocycles. The van der Waals surface area contributed by atoms with Crippen molar-refractivity contribution >= 4 is 48.9 Å². The Bertz CT molecular complexity index is 2910. The van der Waals surface area contributed by atoms with Crippen molar-refractivity contribution in [2.24, 2.45) is 0 Å². The fourth-order valence-corrected chi connectivity index (χ4v) is 8.40. The first-order valence-corrected chi connectivity index (χ1v) is 18.2. The lowest BCUT2D eigenvalue weighted by atomic mass is 9.81. The Morgan fingerprint density at radius 2 is 1.09 bits per heavy atom. The van der Waals surface area contributed by atoms with Crippen LogP contribution in [0.2, 0.25) is 0 Å². The van der Waals surface area contributed by atoms with Crippen LogP contribution in [0.4, 0.5) is 0 Å². The molecule has 7 aromatic carbocycles. The lowest BCUT2D eigenvalue weighted by Crippen LogP contribution is -2.15. The fourth-order valence-electron chi connectivity index (χ4n) is 8.40.